The number of hydrogen-bond donors (Lipinski definition) is 2. The monoisotopic (exact) mass is 347 g/mol. The fraction of sp³-hybridized carbons (Fsp3) is 0.190. The number of hydrogen-bond acceptors (Lipinski definition) is 3. The lowest BCUT2D eigenvalue weighted by atomic mass is 10.1. The normalized spacial score (nSPS) is 11.8. The van der Waals surface area contributed by atoms with Gasteiger partial charge in [-0.05, 0) is 43.7 Å². The Labute approximate surface area is 152 Å². The van der Waals surface area contributed by atoms with Gasteiger partial charge in [0.05, 0.1) is 16.8 Å². The molecule has 0 radical (unpaired) electrons. The first-order valence-electron chi connectivity index (χ1n) is 8.65. The first-order chi connectivity index (χ1) is 12.6. The number of carbonyl (C=O) groups is 2. The van der Waals surface area contributed by atoms with E-state index in [0.717, 1.165) is 17.3 Å². The van der Waals surface area contributed by atoms with E-state index in [1.165, 1.54) is 0 Å². The molecule has 3 rings (SSSR count). The molecular weight excluding hydrogens is 326 g/mol. The van der Waals surface area contributed by atoms with Crippen LogP contribution in [-0.4, -0.2) is 22.8 Å². The van der Waals surface area contributed by atoms with E-state index < -0.39 is 0 Å². The van der Waals surface area contributed by atoms with E-state index >= 15 is 0 Å². The lowest BCUT2D eigenvalue weighted by Gasteiger charge is -2.15. The summed E-state index contributed by atoms with van der Waals surface area (Å²) in [5, 5.41) is 6.56. The summed E-state index contributed by atoms with van der Waals surface area (Å²) in [6.45, 7) is 3.95. The molecule has 0 bridgehead atoms. The minimum absolute atomic E-state index is 0.0652. The Morgan fingerprint density at radius 3 is 2.54 bits per heavy atom. The van der Waals surface area contributed by atoms with Crippen LogP contribution in [0.2, 0.25) is 0 Å². The van der Waals surface area contributed by atoms with Crippen LogP contribution in [0.4, 0.5) is 5.69 Å². The van der Waals surface area contributed by atoms with Gasteiger partial charge in [0.2, 0.25) is 0 Å². The topological polar surface area (TPSA) is 71.1 Å². The maximum Gasteiger partial charge on any atom is 0.256 e. The van der Waals surface area contributed by atoms with E-state index in [9.17, 15) is 9.59 Å². The molecule has 2 amide bonds. The largest absolute Gasteiger partial charge is 0.350 e. The number of benzene rings is 2. The highest BCUT2D eigenvalue weighted by molar-refractivity contribution is 6.14. The smallest absolute Gasteiger partial charge is 0.256 e. The van der Waals surface area contributed by atoms with Crippen LogP contribution in [0.15, 0.2) is 60.8 Å². The van der Waals surface area contributed by atoms with Gasteiger partial charge in [-0.2, -0.15) is 0 Å². The molecule has 0 spiro atoms. The maximum atomic E-state index is 12.8. The molecule has 1 unspecified atom stereocenters. The second-order valence-electron chi connectivity index (χ2n) is 6.16. The number of pyridine rings is 1. The molecule has 1 atom stereocenters. The van der Waals surface area contributed by atoms with Crippen LogP contribution < -0.4 is 10.6 Å². The van der Waals surface area contributed by atoms with Crippen molar-refractivity contribution in [2.24, 2.45) is 0 Å². The first-order valence-corrected chi connectivity index (χ1v) is 8.65. The van der Waals surface area contributed by atoms with Crippen LogP contribution in [0.3, 0.4) is 0 Å². The third-order valence-corrected chi connectivity index (χ3v) is 4.30. The highest BCUT2D eigenvalue weighted by Gasteiger charge is 2.16. The van der Waals surface area contributed by atoms with Crippen molar-refractivity contribution in [2.75, 3.05) is 5.32 Å². The Morgan fingerprint density at radius 1 is 0.962 bits per heavy atom. The summed E-state index contributed by atoms with van der Waals surface area (Å²) in [5.41, 5.74) is 2.20. The number of nitrogens with zero attached hydrogens (tertiary/aromatic N) is 1. The number of amides is 2. The lowest BCUT2D eigenvalue weighted by Crippen LogP contribution is -2.32. The van der Waals surface area contributed by atoms with Gasteiger partial charge in [-0.15, -0.1) is 0 Å². The minimum Gasteiger partial charge on any atom is -0.350 e. The van der Waals surface area contributed by atoms with Gasteiger partial charge in [0.15, 0.2) is 0 Å². The first kappa shape index (κ1) is 17.6. The molecule has 0 saturated heterocycles. The van der Waals surface area contributed by atoms with Crippen molar-refractivity contribution in [3.63, 3.8) is 0 Å². The highest BCUT2D eigenvalue weighted by Crippen LogP contribution is 2.20. The van der Waals surface area contributed by atoms with Crippen LogP contribution in [0, 0.1) is 0 Å². The lowest BCUT2D eigenvalue weighted by molar-refractivity contribution is 0.0940. The number of anilines is 1. The molecule has 0 aliphatic carbocycles. The summed E-state index contributed by atoms with van der Waals surface area (Å²) in [5.74, 6) is -0.470. The third kappa shape index (κ3) is 3.72. The van der Waals surface area contributed by atoms with Gasteiger partial charge >= 0.3 is 0 Å². The van der Waals surface area contributed by atoms with Crippen molar-refractivity contribution >= 4 is 28.4 Å². The van der Waals surface area contributed by atoms with Crippen LogP contribution in [0.25, 0.3) is 10.9 Å². The van der Waals surface area contributed by atoms with Crippen molar-refractivity contribution in [2.45, 2.75) is 26.3 Å². The molecule has 0 saturated carbocycles. The van der Waals surface area contributed by atoms with Gasteiger partial charge in [0.1, 0.15) is 0 Å². The molecule has 1 aromatic heterocycles. The Balaban J connectivity index is 1.89. The van der Waals surface area contributed by atoms with Crippen molar-refractivity contribution in [1.29, 1.82) is 0 Å². The van der Waals surface area contributed by atoms with E-state index in [1.54, 1.807) is 48.7 Å². The van der Waals surface area contributed by atoms with Crippen molar-refractivity contribution in [1.82, 2.24) is 10.3 Å². The average molecular weight is 347 g/mol. The fourth-order valence-corrected chi connectivity index (χ4v) is 2.68. The summed E-state index contributed by atoms with van der Waals surface area (Å²) in [4.78, 5) is 29.6. The third-order valence-electron chi connectivity index (χ3n) is 4.30. The minimum atomic E-state index is -0.271. The van der Waals surface area contributed by atoms with Gasteiger partial charge in [-0.25, -0.2) is 0 Å². The molecule has 2 N–H and O–H groups in total. The van der Waals surface area contributed by atoms with Gasteiger partial charge < -0.3 is 10.6 Å². The Kier molecular flexibility index (Phi) is 5.27. The molecule has 26 heavy (non-hydrogen) atoms. The molecule has 0 aliphatic rings. The van der Waals surface area contributed by atoms with Crippen molar-refractivity contribution in [3.05, 3.63) is 71.9 Å². The molecule has 5 nitrogen and oxygen atoms in total. The van der Waals surface area contributed by atoms with E-state index in [2.05, 4.69) is 15.6 Å². The summed E-state index contributed by atoms with van der Waals surface area (Å²) in [6, 6.07) is 16.1. The summed E-state index contributed by atoms with van der Waals surface area (Å²) in [6.07, 6.45) is 2.53. The van der Waals surface area contributed by atoms with Crippen LogP contribution in [0.1, 0.15) is 41.0 Å². The average Bonchev–Trinajstić information content (AvgIpc) is 2.67. The Morgan fingerprint density at radius 2 is 1.73 bits per heavy atom. The predicted octanol–water partition coefficient (Wildman–Crippen LogP) is 4.02. The predicted molar refractivity (Wildman–Crippen MR) is 103 cm³/mol. The number of fused-ring (bicyclic) bond motifs is 1. The summed E-state index contributed by atoms with van der Waals surface area (Å²) < 4.78 is 0. The van der Waals surface area contributed by atoms with Gasteiger partial charge in [-0.1, -0.05) is 31.2 Å². The van der Waals surface area contributed by atoms with E-state index in [1.807, 2.05) is 26.0 Å². The molecule has 132 valence electrons. The quantitative estimate of drug-likeness (QED) is 0.732. The number of nitrogens with one attached hydrogen (secondary N) is 2. The molecule has 3 aromatic rings. The van der Waals surface area contributed by atoms with E-state index in [0.29, 0.717) is 16.8 Å². The van der Waals surface area contributed by atoms with Crippen molar-refractivity contribution in [3.8, 4) is 0 Å². The second kappa shape index (κ2) is 7.78. The number of carbonyl (C=O) groups excluding carboxylic acids is 2. The van der Waals surface area contributed by atoms with Gasteiger partial charge in [0, 0.05) is 23.2 Å². The standard InChI is InChI=1S/C21H21N3O2/c1-3-14(2)23-21(26)17-8-4-5-11-19(17)24-20(25)16-9-6-12-18-15(16)10-7-13-22-18/h4-14H,3H2,1-2H3,(H,23,26)(H,24,25). The molecule has 0 aliphatic heterocycles. The fourth-order valence-electron chi connectivity index (χ4n) is 2.68. The zero-order chi connectivity index (χ0) is 18.5. The van der Waals surface area contributed by atoms with Crippen LogP contribution in [0.5, 0.6) is 0 Å². The highest BCUT2D eigenvalue weighted by atomic mass is 16.2. The zero-order valence-corrected chi connectivity index (χ0v) is 14.8. The van der Waals surface area contributed by atoms with Gasteiger partial charge in [0.25, 0.3) is 11.8 Å². The number of rotatable bonds is 5. The maximum absolute atomic E-state index is 12.8. The van der Waals surface area contributed by atoms with E-state index in [4.69, 9.17) is 0 Å². The summed E-state index contributed by atoms with van der Waals surface area (Å²) >= 11 is 0. The SMILES string of the molecule is CCC(C)NC(=O)c1ccccc1NC(=O)c1cccc2ncccc12. The number of aromatic nitrogens is 1. The molecule has 0 fully saturated rings. The molecule has 1 heterocycles. The van der Waals surface area contributed by atoms with Crippen LogP contribution in [-0.2, 0) is 0 Å². The molecular formula is C21H21N3O2. The van der Waals surface area contributed by atoms with Crippen molar-refractivity contribution < 1.29 is 9.59 Å². The number of para-hydroxylation sites is 1. The summed E-state index contributed by atoms with van der Waals surface area (Å²) in [7, 11) is 0. The van der Waals surface area contributed by atoms with E-state index in [-0.39, 0.29) is 17.9 Å². The Bertz CT molecular complexity index is 947. The Hall–Kier alpha value is -3.21. The molecule has 5 heteroatoms. The zero-order valence-electron chi connectivity index (χ0n) is 14.8. The molecule has 2 aromatic carbocycles. The van der Waals surface area contributed by atoms with Crippen LogP contribution >= 0.6 is 0 Å². The second-order valence-corrected chi connectivity index (χ2v) is 6.16. The van der Waals surface area contributed by atoms with Gasteiger partial charge in [-0.3, -0.25) is 14.6 Å².